The van der Waals surface area contributed by atoms with Gasteiger partial charge < -0.3 is 14.2 Å². The van der Waals surface area contributed by atoms with E-state index in [1.165, 1.54) is 7.11 Å². The van der Waals surface area contributed by atoms with Crippen LogP contribution in [0.1, 0.15) is 20.3 Å². The fourth-order valence-electron chi connectivity index (χ4n) is 1.88. The van der Waals surface area contributed by atoms with Crippen LogP contribution in [0.25, 0.3) is 0 Å². The summed E-state index contributed by atoms with van der Waals surface area (Å²) in [7, 11) is 1.47. The normalized spacial score (nSPS) is 20.5. The minimum absolute atomic E-state index is 0.0144. The standard InChI is InChI=1S/C13H21NO5/c1-5-6-11(19-8-17-4)12(15)14-10(9(2)3)7-18-13(14)16/h5,9-11H,1,6-8H2,2-4H3/t10-,11-/m1/s1. The first-order valence-electron chi connectivity index (χ1n) is 6.24. The molecule has 6 nitrogen and oxygen atoms in total. The van der Waals surface area contributed by atoms with Crippen LogP contribution in [0.2, 0.25) is 0 Å². The van der Waals surface area contributed by atoms with Crippen LogP contribution in [0.15, 0.2) is 12.7 Å². The Bertz CT molecular complexity index is 342. The maximum atomic E-state index is 12.4. The van der Waals surface area contributed by atoms with Crippen molar-refractivity contribution in [3.8, 4) is 0 Å². The molecule has 0 radical (unpaired) electrons. The van der Waals surface area contributed by atoms with Crippen LogP contribution < -0.4 is 0 Å². The topological polar surface area (TPSA) is 65.1 Å². The molecule has 1 rings (SSSR count). The number of carbonyl (C=O) groups excluding carboxylic acids is 2. The Kier molecular flexibility index (Phi) is 5.98. The fourth-order valence-corrected chi connectivity index (χ4v) is 1.88. The molecule has 0 aromatic rings. The van der Waals surface area contributed by atoms with Gasteiger partial charge in [0.05, 0.1) is 6.04 Å². The summed E-state index contributed by atoms with van der Waals surface area (Å²) in [6.07, 6.45) is 0.504. The van der Waals surface area contributed by atoms with Crippen molar-refractivity contribution in [2.24, 2.45) is 5.92 Å². The minimum atomic E-state index is -0.774. The van der Waals surface area contributed by atoms with Crippen molar-refractivity contribution in [2.45, 2.75) is 32.4 Å². The van der Waals surface area contributed by atoms with E-state index in [0.29, 0.717) is 6.42 Å². The van der Waals surface area contributed by atoms with Gasteiger partial charge >= 0.3 is 6.09 Å². The SMILES string of the molecule is C=CC[C@@H](OCOC)C(=O)N1C(=O)OC[C@@H]1C(C)C. The van der Waals surface area contributed by atoms with Crippen molar-refractivity contribution in [2.75, 3.05) is 20.5 Å². The van der Waals surface area contributed by atoms with E-state index in [1.807, 2.05) is 13.8 Å². The molecule has 0 N–H and O–H groups in total. The lowest BCUT2D eigenvalue weighted by molar-refractivity contribution is -0.150. The quantitative estimate of drug-likeness (QED) is 0.519. The molecule has 108 valence electrons. The Morgan fingerprint density at radius 2 is 2.32 bits per heavy atom. The van der Waals surface area contributed by atoms with E-state index in [0.717, 1.165) is 4.90 Å². The van der Waals surface area contributed by atoms with E-state index in [1.54, 1.807) is 6.08 Å². The molecule has 2 atom stereocenters. The Labute approximate surface area is 113 Å². The number of cyclic esters (lactones) is 1. The second-order valence-corrected chi connectivity index (χ2v) is 4.68. The Balaban J connectivity index is 2.80. The zero-order valence-corrected chi connectivity index (χ0v) is 11.6. The van der Waals surface area contributed by atoms with Gasteiger partial charge in [0.15, 0.2) is 0 Å². The maximum Gasteiger partial charge on any atom is 0.417 e. The summed E-state index contributed by atoms with van der Waals surface area (Å²) in [5, 5.41) is 0. The summed E-state index contributed by atoms with van der Waals surface area (Å²) in [5.41, 5.74) is 0. The molecule has 2 amide bonds. The van der Waals surface area contributed by atoms with Crippen LogP contribution in [-0.4, -0.2) is 49.6 Å². The van der Waals surface area contributed by atoms with Crippen molar-refractivity contribution in [3.05, 3.63) is 12.7 Å². The molecule has 19 heavy (non-hydrogen) atoms. The Morgan fingerprint density at radius 3 is 2.84 bits per heavy atom. The second-order valence-electron chi connectivity index (χ2n) is 4.68. The lowest BCUT2D eigenvalue weighted by Gasteiger charge is -2.26. The average Bonchev–Trinajstić information content (AvgIpc) is 2.75. The molecule has 1 fully saturated rings. The first kappa shape index (κ1) is 15.7. The third-order valence-corrected chi connectivity index (χ3v) is 2.96. The fraction of sp³-hybridized carbons (Fsp3) is 0.692. The van der Waals surface area contributed by atoms with Crippen LogP contribution in [0, 0.1) is 5.92 Å². The highest BCUT2D eigenvalue weighted by Crippen LogP contribution is 2.22. The number of methoxy groups -OCH3 is 1. The highest BCUT2D eigenvalue weighted by atomic mass is 16.7. The van der Waals surface area contributed by atoms with E-state index < -0.39 is 18.1 Å². The summed E-state index contributed by atoms with van der Waals surface area (Å²) in [5.74, 6) is -0.277. The molecule has 0 spiro atoms. The van der Waals surface area contributed by atoms with E-state index in [4.69, 9.17) is 14.2 Å². The summed E-state index contributed by atoms with van der Waals surface area (Å²) in [6.45, 7) is 7.67. The van der Waals surface area contributed by atoms with E-state index in [-0.39, 0.29) is 25.4 Å². The van der Waals surface area contributed by atoms with Crippen molar-refractivity contribution in [1.29, 1.82) is 0 Å². The minimum Gasteiger partial charge on any atom is -0.447 e. The Morgan fingerprint density at radius 1 is 1.63 bits per heavy atom. The average molecular weight is 271 g/mol. The van der Waals surface area contributed by atoms with Gasteiger partial charge in [-0.3, -0.25) is 4.79 Å². The molecule has 0 aromatic carbocycles. The van der Waals surface area contributed by atoms with Gasteiger partial charge in [-0.05, 0) is 5.92 Å². The largest absolute Gasteiger partial charge is 0.447 e. The molecule has 0 aliphatic carbocycles. The summed E-state index contributed by atoms with van der Waals surface area (Å²) < 4.78 is 15.0. The molecule has 1 aliphatic heterocycles. The number of rotatable bonds is 7. The molecule has 0 unspecified atom stereocenters. The Hall–Kier alpha value is -1.40. The van der Waals surface area contributed by atoms with Gasteiger partial charge in [0.1, 0.15) is 19.5 Å². The molecule has 6 heteroatoms. The zero-order chi connectivity index (χ0) is 14.4. The molecule has 0 aromatic heterocycles. The summed E-state index contributed by atoms with van der Waals surface area (Å²) in [6, 6.07) is -0.251. The number of carbonyl (C=O) groups is 2. The summed E-state index contributed by atoms with van der Waals surface area (Å²) >= 11 is 0. The van der Waals surface area contributed by atoms with Gasteiger partial charge in [0.2, 0.25) is 0 Å². The lowest BCUT2D eigenvalue weighted by Crippen LogP contribution is -2.47. The molecule has 0 bridgehead atoms. The van der Waals surface area contributed by atoms with Crippen LogP contribution in [0.3, 0.4) is 0 Å². The van der Waals surface area contributed by atoms with Gasteiger partial charge in [0, 0.05) is 13.5 Å². The predicted molar refractivity (Wildman–Crippen MR) is 68.4 cm³/mol. The van der Waals surface area contributed by atoms with Crippen LogP contribution in [0.4, 0.5) is 4.79 Å². The molecule has 1 aliphatic rings. The van der Waals surface area contributed by atoms with Crippen molar-refractivity contribution in [1.82, 2.24) is 4.90 Å². The van der Waals surface area contributed by atoms with Crippen molar-refractivity contribution < 1.29 is 23.8 Å². The smallest absolute Gasteiger partial charge is 0.417 e. The monoisotopic (exact) mass is 271 g/mol. The molecule has 1 heterocycles. The number of amides is 2. The third-order valence-electron chi connectivity index (χ3n) is 2.96. The van der Waals surface area contributed by atoms with Crippen LogP contribution >= 0.6 is 0 Å². The zero-order valence-electron chi connectivity index (χ0n) is 11.6. The summed E-state index contributed by atoms with van der Waals surface area (Å²) in [4.78, 5) is 25.2. The second kappa shape index (κ2) is 7.25. The van der Waals surface area contributed by atoms with Gasteiger partial charge in [0.25, 0.3) is 5.91 Å². The van der Waals surface area contributed by atoms with Crippen molar-refractivity contribution >= 4 is 12.0 Å². The van der Waals surface area contributed by atoms with Crippen molar-refractivity contribution in [3.63, 3.8) is 0 Å². The van der Waals surface area contributed by atoms with Crippen LogP contribution in [-0.2, 0) is 19.0 Å². The maximum absolute atomic E-state index is 12.4. The molecule has 0 saturated carbocycles. The first-order valence-corrected chi connectivity index (χ1v) is 6.24. The highest BCUT2D eigenvalue weighted by Gasteiger charge is 2.42. The van der Waals surface area contributed by atoms with Gasteiger partial charge in [-0.1, -0.05) is 19.9 Å². The lowest BCUT2D eigenvalue weighted by atomic mass is 10.0. The number of ether oxygens (including phenoxy) is 3. The molecular weight excluding hydrogens is 250 g/mol. The van der Waals surface area contributed by atoms with E-state index in [9.17, 15) is 9.59 Å². The van der Waals surface area contributed by atoms with Gasteiger partial charge in [-0.25, -0.2) is 9.69 Å². The van der Waals surface area contributed by atoms with E-state index in [2.05, 4.69) is 6.58 Å². The number of imide groups is 1. The molecular formula is C13H21NO5. The first-order chi connectivity index (χ1) is 9.02. The van der Waals surface area contributed by atoms with Gasteiger partial charge in [-0.15, -0.1) is 6.58 Å². The highest BCUT2D eigenvalue weighted by molar-refractivity contribution is 5.96. The third kappa shape index (κ3) is 3.78. The van der Waals surface area contributed by atoms with Gasteiger partial charge in [-0.2, -0.15) is 0 Å². The van der Waals surface area contributed by atoms with E-state index >= 15 is 0 Å². The predicted octanol–water partition coefficient (Wildman–Crippen LogP) is 1.55. The van der Waals surface area contributed by atoms with Crippen LogP contribution in [0.5, 0.6) is 0 Å². The number of nitrogens with zero attached hydrogens (tertiary/aromatic N) is 1. The molecule has 1 saturated heterocycles. The number of hydrogen-bond donors (Lipinski definition) is 0. The number of hydrogen-bond acceptors (Lipinski definition) is 5.